The van der Waals surface area contributed by atoms with Crippen LogP contribution in [0.4, 0.5) is 10.2 Å². The number of hydrazone groups is 1. The second-order valence-corrected chi connectivity index (χ2v) is 5.03. The molecule has 0 aliphatic heterocycles. The summed E-state index contributed by atoms with van der Waals surface area (Å²) in [4.78, 5) is 12.0. The third-order valence-corrected chi connectivity index (χ3v) is 3.32. The van der Waals surface area contributed by atoms with Crippen LogP contribution in [0.25, 0.3) is 5.82 Å². The molecule has 11 heteroatoms. The second-order valence-electron chi connectivity index (χ2n) is 5.03. The molecule has 0 saturated heterocycles. The first-order valence-electron chi connectivity index (χ1n) is 7.09. The molecule has 1 amide bonds. The van der Waals surface area contributed by atoms with Gasteiger partial charge < -0.3 is 5.73 Å². The van der Waals surface area contributed by atoms with Gasteiger partial charge in [-0.25, -0.2) is 14.4 Å². The predicted molar refractivity (Wildman–Crippen MR) is 84.4 cm³/mol. The summed E-state index contributed by atoms with van der Waals surface area (Å²) in [7, 11) is 0. The first-order valence-corrected chi connectivity index (χ1v) is 7.09. The van der Waals surface area contributed by atoms with Crippen molar-refractivity contribution in [3.05, 3.63) is 47.0 Å². The van der Waals surface area contributed by atoms with E-state index in [1.165, 1.54) is 22.9 Å². The maximum Gasteiger partial charge on any atom is 0.274 e. The number of nitrogens with one attached hydrogen (secondary N) is 1. The summed E-state index contributed by atoms with van der Waals surface area (Å²) in [5.74, 6) is -1.16. The lowest BCUT2D eigenvalue weighted by Crippen LogP contribution is -2.21. The summed E-state index contributed by atoms with van der Waals surface area (Å²) < 4.78 is 19.5. The number of nitrogens with zero attached hydrogens (tertiary/aromatic N) is 6. The van der Waals surface area contributed by atoms with Crippen molar-refractivity contribution in [2.45, 2.75) is 13.8 Å². The minimum atomic E-state index is -0.684. The Bertz CT molecular complexity index is 961. The van der Waals surface area contributed by atoms with Crippen molar-refractivity contribution in [2.24, 2.45) is 5.10 Å². The molecule has 0 bridgehead atoms. The summed E-state index contributed by atoms with van der Waals surface area (Å²) >= 11 is 0. The highest BCUT2D eigenvalue weighted by atomic mass is 19.1. The maximum atomic E-state index is 13.6. The van der Waals surface area contributed by atoms with Gasteiger partial charge >= 0.3 is 0 Å². The third kappa shape index (κ3) is 3.06. The van der Waals surface area contributed by atoms with Crippen LogP contribution >= 0.6 is 0 Å². The Balaban J connectivity index is 1.89. The summed E-state index contributed by atoms with van der Waals surface area (Å²) in [5, 5.41) is 18.9. The van der Waals surface area contributed by atoms with Gasteiger partial charge in [-0.2, -0.15) is 9.78 Å². The van der Waals surface area contributed by atoms with E-state index in [0.717, 1.165) is 0 Å². The molecule has 2 heterocycles. The van der Waals surface area contributed by atoms with Crippen molar-refractivity contribution < 1.29 is 13.8 Å². The van der Waals surface area contributed by atoms with Crippen LogP contribution in [0.1, 0.15) is 28.7 Å². The zero-order valence-corrected chi connectivity index (χ0v) is 13.3. The summed E-state index contributed by atoms with van der Waals surface area (Å²) in [5.41, 5.74) is 9.15. The van der Waals surface area contributed by atoms with E-state index >= 15 is 0 Å². The number of hydrogen-bond acceptors (Lipinski definition) is 8. The number of aromatic nitrogens is 5. The molecule has 0 aliphatic rings. The molecule has 10 nitrogen and oxygen atoms in total. The molecule has 0 unspecified atom stereocenters. The van der Waals surface area contributed by atoms with Crippen LogP contribution in [0.3, 0.4) is 0 Å². The van der Waals surface area contributed by atoms with Crippen LogP contribution in [-0.4, -0.2) is 36.9 Å². The van der Waals surface area contributed by atoms with Crippen LogP contribution in [0.2, 0.25) is 0 Å². The number of anilines is 1. The van der Waals surface area contributed by atoms with Crippen LogP contribution in [0, 0.1) is 12.7 Å². The van der Waals surface area contributed by atoms with Crippen molar-refractivity contribution >= 4 is 17.4 Å². The molecule has 3 rings (SSSR count). The average molecular weight is 344 g/mol. The lowest BCUT2D eigenvalue weighted by atomic mass is 10.2. The van der Waals surface area contributed by atoms with Crippen molar-refractivity contribution in [2.75, 3.05) is 5.73 Å². The van der Waals surface area contributed by atoms with E-state index in [1.807, 2.05) is 0 Å². The highest BCUT2D eigenvalue weighted by Gasteiger charge is 2.20. The third-order valence-electron chi connectivity index (χ3n) is 3.32. The number of nitrogens with two attached hydrogens (primary N) is 1. The zero-order valence-electron chi connectivity index (χ0n) is 13.3. The predicted octanol–water partition coefficient (Wildman–Crippen LogP) is 0.834. The van der Waals surface area contributed by atoms with Gasteiger partial charge in [-0.3, -0.25) is 4.79 Å². The smallest absolute Gasteiger partial charge is 0.274 e. The topological polar surface area (TPSA) is 137 Å². The van der Waals surface area contributed by atoms with Crippen molar-refractivity contribution in [3.63, 3.8) is 0 Å². The minimum Gasteiger partial charge on any atom is -0.378 e. The molecule has 128 valence electrons. The number of amides is 1. The Morgan fingerprint density at radius 2 is 2.12 bits per heavy atom. The number of carbonyl (C=O) groups is 1. The summed E-state index contributed by atoms with van der Waals surface area (Å²) in [6.07, 6.45) is 0. The van der Waals surface area contributed by atoms with Gasteiger partial charge in [0.15, 0.2) is 0 Å². The molecule has 3 aromatic rings. The van der Waals surface area contributed by atoms with E-state index in [-0.39, 0.29) is 17.2 Å². The van der Waals surface area contributed by atoms with Crippen LogP contribution in [0.15, 0.2) is 34.0 Å². The van der Waals surface area contributed by atoms with E-state index < -0.39 is 11.7 Å². The number of halogens is 1. The van der Waals surface area contributed by atoms with E-state index in [0.29, 0.717) is 17.1 Å². The number of benzene rings is 1. The van der Waals surface area contributed by atoms with Gasteiger partial charge in [-0.1, -0.05) is 17.3 Å². The minimum absolute atomic E-state index is 0.0225. The van der Waals surface area contributed by atoms with Crippen LogP contribution in [-0.2, 0) is 0 Å². The van der Waals surface area contributed by atoms with Crippen molar-refractivity contribution in [1.29, 1.82) is 0 Å². The molecule has 0 fully saturated rings. The van der Waals surface area contributed by atoms with Gasteiger partial charge in [0.25, 0.3) is 5.91 Å². The van der Waals surface area contributed by atoms with Gasteiger partial charge in [0, 0.05) is 0 Å². The molecule has 2 aromatic heterocycles. The standard InChI is InChI=1S/C14H13FN8O2/c1-7(17-19-14(24)9-5-3-4-6-10(9)15)11-8(2)18-22-23(11)13-12(16)20-25-21-13/h3-6H,1-2H3,(H2,16,20)(H,19,24). The molecule has 0 aliphatic carbocycles. The van der Waals surface area contributed by atoms with Gasteiger partial charge in [-0.15, -0.1) is 5.10 Å². The number of aryl methyl sites for hydroxylation is 1. The van der Waals surface area contributed by atoms with E-state index in [1.54, 1.807) is 19.9 Å². The Morgan fingerprint density at radius 1 is 1.36 bits per heavy atom. The van der Waals surface area contributed by atoms with Crippen LogP contribution < -0.4 is 11.2 Å². The second kappa shape index (κ2) is 6.47. The first-order chi connectivity index (χ1) is 12.0. The SMILES string of the molecule is CC(=NNC(=O)c1ccccc1F)c1c(C)nnn1-c1nonc1N. The summed E-state index contributed by atoms with van der Waals surface area (Å²) in [6, 6.07) is 5.59. The molecule has 1 aromatic carbocycles. The van der Waals surface area contributed by atoms with Crippen molar-refractivity contribution in [3.8, 4) is 5.82 Å². The fourth-order valence-corrected chi connectivity index (χ4v) is 2.15. The highest BCUT2D eigenvalue weighted by Crippen LogP contribution is 2.15. The fraction of sp³-hybridized carbons (Fsp3) is 0.143. The lowest BCUT2D eigenvalue weighted by Gasteiger charge is -2.05. The largest absolute Gasteiger partial charge is 0.378 e. The fourth-order valence-electron chi connectivity index (χ4n) is 2.15. The Hall–Kier alpha value is -3.63. The first kappa shape index (κ1) is 16.2. The monoisotopic (exact) mass is 344 g/mol. The maximum absolute atomic E-state index is 13.6. The highest BCUT2D eigenvalue weighted by molar-refractivity contribution is 6.00. The van der Waals surface area contributed by atoms with E-state index in [9.17, 15) is 9.18 Å². The van der Waals surface area contributed by atoms with Gasteiger partial charge in [0.2, 0.25) is 11.6 Å². The Kier molecular flexibility index (Phi) is 4.20. The molecule has 0 radical (unpaired) electrons. The van der Waals surface area contributed by atoms with Gasteiger partial charge in [0.1, 0.15) is 11.5 Å². The molecule has 25 heavy (non-hydrogen) atoms. The number of carbonyl (C=O) groups excluding carboxylic acids is 1. The Labute approximate surface area is 140 Å². The van der Waals surface area contributed by atoms with Crippen LogP contribution in [0.5, 0.6) is 0 Å². The molecule has 3 N–H and O–H groups in total. The molecule has 0 saturated carbocycles. The summed E-state index contributed by atoms with van der Waals surface area (Å²) in [6.45, 7) is 3.31. The Morgan fingerprint density at radius 3 is 2.80 bits per heavy atom. The molecular formula is C14H13FN8O2. The average Bonchev–Trinajstić information content (AvgIpc) is 3.18. The zero-order chi connectivity index (χ0) is 18.0. The molecular weight excluding hydrogens is 331 g/mol. The van der Waals surface area contributed by atoms with Crippen molar-refractivity contribution in [1.82, 2.24) is 30.7 Å². The normalized spacial score (nSPS) is 11.6. The van der Waals surface area contributed by atoms with Gasteiger partial charge in [0.05, 0.1) is 17.0 Å². The number of rotatable bonds is 4. The quantitative estimate of drug-likeness (QED) is 0.528. The van der Waals surface area contributed by atoms with E-state index in [4.69, 9.17) is 5.73 Å². The molecule has 0 spiro atoms. The number of hydrogen-bond donors (Lipinski definition) is 2. The van der Waals surface area contributed by atoms with E-state index in [2.05, 4.69) is 35.8 Å². The molecule has 0 atom stereocenters. The lowest BCUT2D eigenvalue weighted by molar-refractivity contribution is 0.0951. The number of nitrogen functional groups attached to an aromatic ring is 1. The van der Waals surface area contributed by atoms with Gasteiger partial charge in [-0.05, 0) is 36.3 Å².